The molecular formula is C21H17F3N4O. The molecule has 0 spiro atoms. The Morgan fingerprint density at radius 3 is 2.45 bits per heavy atom. The molecule has 1 aliphatic rings. The molecule has 0 atom stereocenters. The van der Waals surface area contributed by atoms with Crippen molar-refractivity contribution in [2.24, 2.45) is 0 Å². The summed E-state index contributed by atoms with van der Waals surface area (Å²) in [6.45, 7) is 0.752. The first kappa shape index (κ1) is 18.9. The number of alkyl halides is 3. The lowest BCUT2D eigenvalue weighted by Gasteiger charge is -2.29. The van der Waals surface area contributed by atoms with Crippen molar-refractivity contribution in [1.29, 1.82) is 0 Å². The van der Waals surface area contributed by atoms with E-state index in [0.29, 0.717) is 5.95 Å². The maximum absolute atomic E-state index is 13.1. The van der Waals surface area contributed by atoms with E-state index in [1.54, 1.807) is 0 Å². The molecule has 0 unspecified atom stereocenters. The maximum Gasteiger partial charge on any atom is 0.418 e. The van der Waals surface area contributed by atoms with E-state index in [2.05, 4.69) is 21.4 Å². The second-order valence-electron chi connectivity index (χ2n) is 6.65. The van der Waals surface area contributed by atoms with E-state index in [1.807, 2.05) is 23.1 Å². The first-order valence-electron chi connectivity index (χ1n) is 9.08. The summed E-state index contributed by atoms with van der Waals surface area (Å²) in [6, 6.07) is 12.8. The summed E-state index contributed by atoms with van der Waals surface area (Å²) in [4.78, 5) is 22.9. The van der Waals surface area contributed by atoms with Gasteiger partial charge in [0.1, 0.15) is 0 Å². The maximum atomic E-state index is 13.1. The fourth-order valence-electron chi connectivity index (χ4n) is 3.35. The summed E-state index contributed by atoms with van der Waals surface area (Å²) in [7, 11) is 0. The summed E-state index contributed by atoms with van der Waals surface area (Å²) in [5.41, 5.74) is 1.09. The minimum Gasteiger partial charge on any atom is -0.321 e. The van der Waals surface area contributed by atoms with Gasteiger partial charge in [0.15, 0.2) is 0 Å². The van der Waals surface area contributed by atoms with Crippen molar-refractivity contribution in [3.8, 4) is 0 Å². The molecule has 0 aliphatic carbocycles. The number of nitrogens with one attached hydrogen (secondary N) is 1. The van der Waals surface area contributed by atoms with E-state index in [1.165, 1.54) is 36.2 Å². The van der Waals surface area contributed by atoms with Gasteiger partial charge in [-0.1, -0.05) is 30.3 Å². The third-order valence-corrected chi connectivity index (χ3v) is 4.73. The molecule has 0 fully saturated rings. The standard InChI is InChI=1S/C21H17F3N4O/c22-21(23,24)16-8-2-3-9-17(16)27-19(29)15-12-25-20(26-13-15)28-11-5-7-14-6-1-4-10-18(14)28/h1-4,6,8-10,12-13H,5,7,11H2,(H,27,29). The van der Waals surface area contributed by atoms with Gasteiger partial charge in [-0.3, -0.25) is 4.79 Å². The van der Waals surface area contributed by atoms with Crippen molar-refractivity contribution in [3.63, 3.8) is 0 Å². The highest BCUT2D eigenvalue weighted by Gasteiger charge is 2.33. The number of hydrogen-bond donors (Lipinski definition) is 1. The quantitative estimate of drug-likeness (QED) is 0.687. The third-order valence-electron chi connectivity index (χ3n) is 4.73. The number of anilines is 3. The third kappa shape index (κ3) is 3.91. The monoisotopic (exact) mass is 398 g/mol. The van der Waals surface area contributed by atoms with Crippen molar-refractivity contribution >= 4 is 23.2 Å². The van der Waals surface area contributed by atoms with E-state index in [9.17, 15) is 18.0 Å². The van der Waals surface area contributed by atoms with Crippen LogP contribution in [0.5, 0.6) is 0 Å². The minimum atomic E-state index is -4.56. The molecule has 5 nitrogen and oxygen atoms in total. The molecule has 1 aromatic heterocycles. The van der Waals surface area contributed by atoms with Crippen molar-refractivity contribution in [3.05, 3.63) is 77.6 Å². The molecule has 0 radical (unpaired) electrons. The summed E-state index contributed by atoms with van der Waals surface area (Å²) in [5, 5.41) is 2.30. The Morgan fingerprint density at radius 1 is 1.00 bits per heavy atom. The smallest absolute Gasteiger partial charge is 0.321 e. The van der Waals surface area contributed by atoms with Gasteiger partial charge < -0.3 is 10.2 Å². The zero-order valence-electron chi connectivity index (χ0n) is 15.3. The number of nitrogens with zero attached hydrogens (tertiary/aromatic N) is 3. The average Bonchev–Trinajstić information content (AvgIpc) is 2.73. The molecule has 2 heterocycles. The van der Waals surface area contributed by atoms with E-state index in [-0.39, 0.29) is 11.3 Å². The Kier molecular flexibility index (Phi) is 4.92. The van der Waals surface area contributed by atoms with Crippen molar-refractivity contribution in [2.45, 2.75) is 19.0 Å². The molecular weight excluding hydrogens is 381 g/mol. The van der Waals surface area contributed by atoms with Gasteiger partial charge in [0.05, 0.1) is 16.8 Å². The second-order valence-corrected chi connectivity index (χ2v) is 6.65. The molecule has 4 rings (SSSR count). The predicted octanol–water partition coefficient (Wildman–Crippen LogP) is 4.83. The molecule has 2 aromatic carbocycles. The van der Waals surface area contributed by atoms with Gasteiger partial charge in [-0.2, -0.15) is 13.2 Å². The van der Waals surface area contributed by atoms with Gasteiger partial charge in [0.2, 0.25) is 5.95 Å². The Hall–Kier alpha value is -3.42. The van der Waals surface area contributed by atoms with Crippen LogP contribution in [-0.2, 0) is 12.6 Å². The second kappa shape index (κ2) is 7.54. The summed E-state index contributed by atoms with van der Waals surface area (Å²) in [6.07, 6.45) is 0.0185. The highest BCUT2D eigenvalue weighted by atomic mass is 19.4. The molecule has 3 aromatic rings. The van der Waals surface area contributed by atoms with Gasteiger partial charge in [-0.25, -0.2) is 9.97 Å². The zero-order valence-corrected chi connectivity index (χ0v) is 15.3. The van der Waals surface area contributed by atoms with Crippen LogP contribution in [0.2, 0.25) is 0 Å². The van der Waals surface area contributed by atoms with Crippen molar-refractivity contribution in [1.82, 2.24) is 9.97 Å². The van der Waals surface area contributed by atoms with E-state index in [4.69, 9.17) is 0 Å². The van der Waals surface area contributed by atoms with Crippen LogP contribution in [0.4, 0.5) is 30.5 Å². The molecule has 1 N–H and O–H groups in total. The van der Waals surface area contributed by atoms with E-state index >= 15 is 0 Å². The van der Waals surface area contributed by atoms with Gasteiger partial charge >= 0.3 is 6.18 Å². The van der Waals surface area contributed by atoms with Crippen LogP contribution >= 0.6 is 0 Å². The SMILES string of the molecule is O=C(Nc1ccccc1C(F)(F)F)c1cnc(N2CCCc3ccccc32)nc1. The molecule has 0 saturated carbocycles. The number of fused-ring (bicyclic) bond motifs is 1. The number of para-hydroxylation sites is 2. The number of aryl methyl sites for hydroxylation is 1. The van der Waals surface area contributed by atoms with Crippen LogP contribution in [0, 0.1) is 0 Å². The highest BCUT2D eigenvalue weighted by molar-refractivity contribution is 6.04. The molecule has 8 heteroatoms. The fraction of sp³-hybridized carbons (Fsp3) is 0.190. The number of carbonyl (C=O) groups excluding carboxylic acids is 1. The number of amides is 1. The normalized spacial score (nSPS) is 13.7. The minimum absolute atomic E-state index is 0.0797. The lowest BCUT2D eigenvalue weighted by atomic mass is 10.0. The number of carbonyl (C=O) groups is 1. The molecule has 1 aliphatic heterocycles. The van der Waals surface area contributed by atoms with E-state index < -0.39 is 17.6 Å². The average molecular weight is 398 g/mol. The first-order valence-corrected chi connectivity index (χ1v) is 9.08. The Balaban J connectivity index is 1.55. The number of benzene rings is 2. The predicted molar refractivity (Wildman–Crippen MR) is 103 cm³/mol. The molecule has 148 valence electrons. The van der Waals surface area contributed by atoms with Crippen LogP contribution in [0.3, 0.4) is 0 Å². The Labute approximate surface area is 165 Å². The number of hydrogen-bond acceptors (Lipinski definition) is 4. The van der Waals surface area contributed by atoms with Crippen LogP contribution < -0.4 is 10.2 Å². The number of aromatic nitrogens is 2. The van der Waals surface area contributed by atoms with Gasteiger partial charge in [-0.15, -0.1) is 0 Å². The summed E-state index contributed by atoms with van der Waals surface area (Å²) in [5.74, 6) is -0.253. The van der Waals surface area contributed by atoms with Gasteiger partial charge in [0, 0.05) is 24.6 Å². The lowest BCUT2D eigenvalue weighted by molar-refractivity contribution is -0.136. The van der Waals surface area contributed by atoms with Crippen LogP contribution in [0.1, 0.15) is 27.9 Å². The topological polar surface area (TPSA) is 58.1 Å². The van der Waals surface area contributed by atoms with Crippen molar-refractivity contribution in [2.75, 3.05) is 16.8 Å². The van der Waals surface area contributed by atoms with Gasteiger partial charge in [0.25, 0.3) is 5.91 Å². The van der Waals surface area contributed by atoms with Crippen LogP contribution in [-0.4, -0.2) is 22.4 Å². The number of halogens is 3. The first-order chi connectivity index (χ1) is 13.9. The Morgan fingerprint density at radius 2 is 1.69 bits per heavy atom. The van der Waals surface area contributed by atoms with Crippen LogP contribution in [0.15, 0.2) is 60.9 Å². The van der Waals surface area contributed by atoms with E-state index in [0.717, 1.165) is 31.1 Å². The summed E-state index contributed by atoms with van der Waals surface area (Å²) < 4.78 is 39.3. The molecule has 1 amide bonds. The van der Waals surface area contributed by atoms with Crippen LogP contribution in [0.25, 0.3) is 0 Å². The fourth-order valence-corrected chi connectivity index (χ4v) is 3.35. The zero-order chi connectivity index (χ0) is 20.4. The highest BCUT2D eigenvalue weighted by Crippen LogP contribution is 2.35. The molecule has 29 heavy (non-hydrogen) atoms. The number of rotatable bonds is 3. The molecule has 0 bridgehead atoms. The Bertz CT molecular complexity index is 1030. The largest absolute Gasteiger partial charge is 0.418 e. The molecule has 0 saturated heterocycles. The van der Waals surface area contributed by atoms with Gasteiger partial charge in [-0.05, 0) is 36.6 Å². The summed E-state index contributed by atoms with van der Waals surface area (Å²) >= 11 is 0. The lowest BCUT2D eigenvalue weighted by Crippen LogP contribution is -2.26. The van der Waals surface area contributed by atoms with Crippen molar-refractivity contribution < 1.29 is 18.0 Å².